The fourth-order valence-corrected chi connectivity index (χ4v) is 5.00. The minimum Gasteiger partial charge on any atom is -0.361 e. The highest BCUT2D eigenvalue weighted by molar-refractivity contribution is 7.10. The summed E-state index contributed by atoms with van der Waals surface area (Å²) in [6.07, 6.45) is 0.978. The van der Waals surface area contributed by atoms with E-state index in [2.05, 4.69) is 34.5 Å². The maximum atomic E-state index is 12.6. The number of amides is 3. The summed E-state index contributed by atoms with van der Waals surface area (Å²) in [6, 6.07) is 12.4. The van der Waals surface area contributed by atoms with Gasteiger partial charge in [0.1, 0.15) is 0 Å². The van der Waals surface area contributed by atoms with Crippen LogP contribution >= 0.6 is 11.3 Å². The minimum absolute atomic E-state index is 0.00349. The molecule has 2 aliphatic heterocycles. The number of fused-ring (bicyclic) bond motifs is 1. The number of carbonyl (C=O) groups excluding carboxylic acids is 3. The lowest BCUT2D eigenvalue weighted by atomic mass is 10.1. The molecular formula is C22H26N4O3S. The summed E-state index contributed by atoms with van der Waals surface area (Å²) in [6.45, 7) is 4.49. The van der Waals surface area contributed by atoms with E-state index in [-0.39, 0.29) is 11.9 Å². The number of nitrogens with one attached hydrogen (secondary N) is 1. The standard InChI is InChI=1S/C22H26N4O3S/c1-16(27)24-10-12-25(13-11-24)22(29)21(28)23-15-19(20-7-4-14-30-20)26-9-8-17-5-2-3-6-18(17)26/h2-7,14,19H,8-13,15H2,1H3,(H,23,28). The lowest BCUT2D eigenvalue weighted by molar-refractivity contribution is -0.148. The highest BCUT2D eigenvalue weighted by atomic mass is 32.1. The average molecular weight is 427 g/mol. The number of rotatable bonds is 4. The van der Waals surface area contributed by atoms with Crippen LogP contribution in [0.4, 0.5) is 5.69 Å². The van der Waals surface area contributed by atoms with Gasteiger partial charge in [0.15, 0.2) is 0 Å². The topological polar surface area (TPSA) is 73.0 Å². The largest absolute Gasteiger partial charge is 0.361 e. The van der Waals surface area contributed by atoms with Crippen LogP contribution in [0.3, 0.4) is 0 Å². The number of benzene rings is 1. The molecule has 1 unspecified atom stereocenters. The molecule has 1 N–H and O–H groups in total. The number of piperazine rings is 1. The van der Waals surface area contributed by atoms with Crippen LogP contribution in [0, 0.1) is 0 Å². The smallest absolute Gasteiger partial charge is 0.312 e. The van der Waals surface area contributed by atoms with Gasteiger partial charge in [-0.05, 0) is 29.5 Å². The minimum atomic E-state index is -0.583. The van der Waals surface area contributed by atoms with E-state index in [1.807, 2.05) is 17.5 Å². The van der Waals surface area contributed by atoms with Gasteiger partial charge in [-0.25, -0.2) is 0 Å². The van der Waals surface area contributed by atoms with Crippen molar-refractivity contribution in [2.45, 2.75) is 19.4 Å². The van der Waals surface area contributed by atoms with E-state index in [4.69, 9.17) is 0 Å². The van der Waals surface area contributed by atoms with Gasteiger partial charge < -0.3 is 20.0 Å². The first-order valence-corrected chi connectivity index (χ1v) is 11.1. The molecule has 4 rings (SSSR count). The highest BCUT2D eigenvalue weighted by Gasteiger charge is 2.30. The molecule has 1 fully saturated rings. The molecular weight excluding hydrogens is 400 g/mol. The normalized spacial score (nSPS) is 16.9. The fourth-order valence-electron chi connectivity index (χ4n) is 4.17. The summed E-state index contributed by atoms with van der Waals surface area (Å²) in [5.74, 6) is -1.11. The number of thiophene rings is 1. The molecule has 0 saturated carbocycles. The zero-order valence-corrected chi connectivity index (χ0v) is 17.9. The molecule has 158 valence electrons. The Kier molecular flexibility index (Phi) is 6.03. The Labute approximate surface area is 180 Å². The number of hydrogen-bond donors (Lipinski definition) is 1. The number of carbonyl (C=O) groups is 3. The van der Waals surface area contributed by atoms with Crippen molar-refractivity contribution < 1.29 is 14.4 Å². The molecule has 1 aromatic carbocycles. The molecule has 30 heavy (non-hydrogen) atoms. The second-order valence-electron chi connectivity index (χ2n) is 7.61. The predicted octanol–water partition coefficient (Wildman–Crippen LogP) is 1.66. The first kappa shape index (κ1) is 20.4. The van der Waals surface area contributed by atoms with Gasteiger partial charge in [0.25, 0.3) is 0 Å². The first-order valence-electron chi connectivity index (χ1n) is 10.2. The lowest BCUT2D eigenvalue weighted by Gasteiger charge is -2.34. The van der Waals surface area contributed by atoms with E-state index in [0.29, 0.717) is 32.7 Å². The molecule has 3 heterocycles. The third kappa shape index (κ3) is 4.18. The predicted molar refractivity (Wildman–Crippen MR) is 116 cm³/mol. The molecule has 0 radical (unpaired) electrons. The summed E-state index contributed by atoms with van der Waals surface area (Å²) in [5, 5.41) is 4.90. The second kappa shape index (κ2) is 8.87. The van der Waals surface area contributed by atoms with Crippen LogP contribution in [0.5, 0.6) is 0 Å². The van der Waals surface area contributed by atoms with Crippen molar-refractivity contribution in [3.63, 3.8) is 0 Å². The lowest BCUT2D eigenvalue weighted by Crippen LogP contribution is -2.54. The molecule has 7 nitrogen and oxygen atoms in total. The maximum Gasteiger partial charge on any atom is 0.312 e. The van der Waals surface area contributed by atoms with E-state index in [1.165, 1.54) is 23.1 Å². The molecule has 3 amide bonds. The van der Waals surface area contributed by atoms with Gasteiger partial charge in [0.05, 0.1) is 6.04 Å². The van der Waals surface area contributed by atoms with Crippen molar-refractivity contribution in [1.29, 1.82) is 0 Å². The highest BCUT2D eigenvalue weighted by Crippen LogP contribution is 2.36. The van der Waals surface area contributed by atoms with Gasteiger partial charge in [0, 0.05) is 56.8 Å². The van der Waals surface area contributed by atoms with Gasteiger partial charge in [-0.1, -0.05) is 24.3 Å². The van der Waals surface area contributed by atoms with Gasteiger partial charge in [-0.2, -0.15) is 0 Å². The van der Waals surface area contributed by atoms with Crippen LogP contribution in [-0.4, -0.2) is 66.8 Å². The Morgan fingerprint density at radius 1 is 1.00 bits per heavy atom. The number of para-hydroxylation sites is 1. The van der Waals surface area contributed by atoms with Crippen LogP contribution in [-0.2, 0) is 20.8 Å². The summed E-state index contributed by atoms with van der Waals surface area (Å²) in [4.78, 5) is 43.3. The maximum absolute atomic E-state index is 12.6. The number of anilines is 1. The zero-order valence-electron chi connectivity index (χ0n) is 17.0. The van der Waals surface area contributed by atoms with Crippen molar-refractivity contribution >= 4 is 34.7 Å². The first-order chi connectivity index (χ1) is 14.5. The van der Waals surface area contributed by atoms with Crippen LogP contribution in [0.15, 0.2) is 41.8 Å². The van der Waals surface area contributed by atoms with Crippen molar-refractivity contribution in [2.24, 2.45) is 0 Å². The number of nitrogens with zero attached hydrogens (tertiary/aromatic N) is 3. The van der Waals surface area contributed by atoms with Crippen LogP contribution in [0.2, 0.25) is 0 Å². The molecule has 1 aromatic heterocycles. The van der Waals surface area contributed by atoms with Crippen molar-refractivity contribution in [2.75, 3.05) is 44.2 Å². The average Bonchev–Trinajstić information content (AvgIpc) is 3.44. The van der Waals surface area contributed by atoms with Gasteiger partial charge in [-0.15, -0.1) is 11.3 Å². The molecule has 1 saturated heterocycles. The van der Waals surface area contributed by atoms with Crippen LogP contribution < -0.4 is 10.2 Å². The molecule has 0 aliphatic carbocycles. The third-order valence-corrected chi connectivity index (χ3v) is 6.81. The second-order valence-corrected chi connectivity index (χ2v) is 8.59. The molecule has 2 aromatic rings. The molecule has 0 spiro atoms. The Hall–Kier alpha value is -2.87. The van der Waals surface area contributed by atoms with E-state index in [9.17, 15) is 14.4 Å². The zero-order chi connectivity index (χ0) is 21.1. The molecule has 1 atom stereocenters. The number of hydrogen-bond acceptors (Lipinski definition) is 5. The summed E-state index contributed by atoms with van der Waals surface area (Å²) >= 11 is 1.66. The Morgan fingerprint density at radius 3 is 2.43 bits per heavy atom. The Morgan fingerprint density at radius 2 is 1.73 bits per heavy atom. The summed E-state index contributed by atoms with van der Waals surface area (Å²) < 4.78 is 0. The van der Waals surface area contributed by atoms with Crippen molar-refractivity contribution in [3.8, 4) is 0 Å². The SMILES string of the molecule is CC(=O)N1CCN(C(=O)C(=O)NCC(c2cccs2)N2CCc3ccccc32)CC1. The monoisotopic (exact) mass is 426 g/mol. The van der Waals surface area contributed by atoms with Crippen LogP contribution in [0.1, 0.15) is 23.4 Å². The molecule has 8 heteroatoms. The summed E-state index contributed by atoms with van der Waals surface area (Å²) in [5.41, 5.74) is 2.50. The van der Waals surface area contributed by atoms with Crippen molar-refractivity contribution in [3.05, 3.63) is 52.2 Å². The third-order valence-electron chi connectivity index (χ3n) is 5.83. The van der Waals surface area contributed by atoms with Crippen molar-refractivity contribution in [1.82, 2.24) is 15.1 Å². The Bertz CT molecular complexity index is 922. The Balaban J connectivity index is 1.40. The molecule has 0 bridgehead atoms. The quantitative estimate of drug-likeness (QED) is 0.755. The van der Waals surface area contributed by atoms with Gasteiger partial charge >= 0.3 is 11.8 Å². The van der Waals surface area contributed by atoms with Gasteiger partial charge in [0.2, 0.25) is 5.91 Å². The fraction of sp³-hybridized carbons (Fsp3) is 0.409. The van der Waals surface area contributed by atoms with Gasteiger partial charge in [-0.3, -0.25) is 14.4 Å². The van der Waals surface area contributed by atoms with E-state index in [0.717, 1.165) is 17.8 Å². The van der Waals surface area contributed by atoms with E-state index < -0.39 is 11.8 Å². The van der Waals surface area contributed by atoms with E-state index in [1.54, 1.807) is 16.2 Å². The summed E-state index contributed by atoms with van der Waals surface area (Å²) in [7, 11) is 0. The molecule has 2 aliphatic rings. The van der Waals surface area contributed by atoms with E-state index >= 15 is 0 Å². The van der Waals surface area contributed by atoms with Crippen LogP contribution in [0.25, 0.3) is 0 Å².